The lowest BCUT2D eigenvalue weighted by Gasteiger charge is -2.07. The van der Waals surface area contributed by atoms with Crippen molar-refractivity contribution in [3.63, 3.8) is 0 Å². The maximum atomic E-state index is 11.9. The summed E-state index contributed by atoms with van der Waals surface area (Å²) in [5.74, 6) is -0.0330. The van der Waals surface area contributed by atoms with Crippen LogP contribution in [0.1, 0.15) is 17.3 Å². The van der Waals surface area contributed by atoms with Crippen LogP contribution in [0.2, 0.25) is 0 Å². The van der Waals surface area contributed by atoms with E-state index in [1.54, 1.807) is 24.3 Å². The highest BCUT2D eigenvalue weighted by Crippen LogP contribution is 2.07. The van der Waals surface area contributed by atoms with E-state index in [1.165, 1.54) is 30.8 Å². The van der Waals surface area contributed by atoms with E-state index in [0.717, 1.165) is 4.57 Å². The average Bonchev–Trinajstić information content (AvgIpc) is 2.36. The van der Waals surface area contributed by atoms with Crippen LogP contribution in [-0.4, -0.2) is 14.9 Å². The third kappa shape index (κ3) is 2.02. The summed E-state index contributed by atoms with van der Waals surface area (Å²) in [6.45, 7) is 1.48. The van der Waals surface area contributed by atoms with E-state index in [-0.39, 0.29) is 11.3 Å². The Morgan fingerprint density at radius 1 is 1.06 bits per heavy atom. The van der Waals surface area contributed by atoms with Gasteiger partial charge in [-0.3, -0.25) is 18.7 Å². The molecule has 0 aliphatic carbocycles. The minimum atomic E-state index is -0.418. The fraction of sp³-hybridized carbons (Fsp3) is 0.154. The number of carbonyl (C=O) groups excluding carboxylic acids is 1. The summed E-state index contributed by atoms with van der Waals surface area (Å²) in [5.41, 5.74) is 0.423. The number of hydrogen-bond acceptors (Lipinski definition) is 3. The second kappa shape index (κ2) is 4.44. The third-order valence-corrected chi connectivity index (χ3v) is 2.74. The van der Waals surface area contributed by atoms with E-state index in [9.17, 15) is 14.4 Å². The van der Waals surface area contributed by atoms with Crippen LogP contribution in [0.25, 0.3) is 5.69 Å². The number of aromatic nitrogens is 2. The van der Waals surface area contributed by atoms with Crippen LogP contribution in [-0.2, 0) is 7.05 Å². The largest absolute Gasteiger partial charge is 0.335 e. The molecule has 5 heteroatoms. The van der Waals surface area contributed by atoms with Crippen molar-refractivity contribution in [1.82, 2.24) is 9.13 Å². The summed E-state index contributed by atoms with van der Waals surface area (Å²) < 4.78 is 2.38. The van der Waals surface area contributed by atoms with Gasteiger partial charge in [-0.15, -0.1) is 0 Å². The molecule has 0 aliphatic rings. The van der Waals surface area contributed by atoms with E-state index in [0.29, 0.717) is 11.3 Å². The summed E-state index contributed by atoms with van der Waals surface area (Å²) in [5, 5.41) is 0. The minimum absolute atomic E-state index is 0.0330. The van der Waals surface area contributed by atoms with Gasteiger partial charge in [0, 0.05) is 24.9 Å². The van der Waals surface area contributed by atoms with Gasteiger partial charge in [-0.05, 0) is 31.2 Å². The summed E-state index contributed by atoms with van der Waals surface area (Å²) in [4.78, 5) is 34.3. The molecule has 2 aromatic rings. The molecule has 18 heavy (non-hydrogen) atoms. The zero-order valence-corrected chi connectivity index (χ0v) is 10.1. The molecule has 0 atom stereocenters. The quantitative estimate of drug-likeness (QED) is 0.732. The van der Waals surface area contributed by atoms with E-state index < -0.39 is 5.69 Å². The molecule has 0 N–H and O–H groups in total. The smallest absolute Gasteiger partial charge is 0.295 e. The van der Waals surface area contributed by atoms with Gasteiger partial charge in [0.05, 0.1) is 5.69 Å². The summed E-state index contributed by atoms with van der Waals surface area (Å²) in [6, 6.07) is 7.95. The first-order chi connectivity index (χ1) is 8.50. The van der Waals surface area contributed by atoms with E-state index in [2.05, 4.69) is 0 Å². The lowest BCUT2D eigenvalue weighted by Crippen LogP contribution is -2.36. The van der Waals surface area contributed by atoms with E-state index >= 15 is 0 Å². The van der Waals surface area contributed by atoms with Gasteiger partial charge >= 0.3 is 5.69 Å². The number of carbonyl (C=O) groups is 1. The number of hydrogen-bond donors (Lipinski definition) is 0. The first-order valence-corrected chi connectivity index (χ1v) is 5.41. The predicted octanol–water partition coefficient (Wildman–Crippen LogP) is 0.739. The van der Waals surface area contributed by atoms with Crippen molar-refractivity contribution < 1.29 is 4.79 Å². The molecule has 0 fully saturated rings. The number of Topliss-reactive ketones (excluding diaryl/α,β-unsaturated/α-hetero) is 1. The molecule has 0 saturated heterocycles. The van der Waals surface area contributed by atoms with Gasteiger partial charge in [0.25, 0.3) is 5.56 Å². The Hall–Kier alpha value is -2.43. The Balaban J connectivity index is 2.56. The Labute approximate surface area is 103 Å². The van der Waals surface area contributed by atoms with Crippen molar-refractivity contribution in [2.75, 3.05) is 0 Å². The molecule has 0 unspecified atom stereocenters. The molecule has 0 radical (unpaired) electrons. The van der Waals surface area contributed by atoms with Crippen LogP contribution in [0.3, 0.4) is 0 Å². The molecule has 0 bridgehead atoms. The fourth-order valence-corrected chi connectivity index (χ4v) is 1.62. The fourth-order valence-electron chi connectivity index (χ4n) is 1.62. The second-order valence-electron chi connectivity index (χ2n) is 3.97. The Morgan fingerprint density at radius 2 is 1.67 bits per heavy atom. The number of rotatable bonds is 2. The summed E-state index contributed by atoms with van der Waals surface area (Å²) >= 11 is 0. The van der Waals surface area contributed by atoms with Crippen LogP contribution in [0, 0.1) is 0 Å². The molecule has 0 aliphatic heterocycles. The van der Waals surface area contributed by atoms with Gasteiger partial charge in [0.1, 0.15) is 0 Å². The maximum Gasteiger partial charge on any atom is 0.335 e. The van der Waals surface area contributed by atoms with Crippen molar-refractivity contribution in [2.45, 2.75) is 6.92 Å². The highest BCUT2D eigenvalue weighted by Gasteiger charge is 2.04. The van der Waals surface area contributed by atoms with Crippen LogP contribution in [0.5, 0.6) is 0 Å². The van der Waals surface area contributed by atoms with Gasteiger partial charge in [-0.25, -0.2) is 4.79 Å². The number of benzene rings is 1. The van der Waals surface area contributed by atoms with Crippen LogP contribution in [0.4, 0.5) is 0 Å². The van der Waals surface area contributed by atoms with Crippen LogP contribution >= 0.6 is 0 Å². The van der Waals surface area contributed by atoms with Crippen molar-refractivity contribution >= 4 is 5.78 Å². The SMILES string of the molecule is CC(=O)c1ccc(-n2ccc(=O)n(C)c2=O)cc1. The van der Waals surface area contributed by atoms with E-state index in [4.69, 9.17) is 0 Å². The average molecular weight is 244 g/mol. The monoisotopic (exact) mass is 244 g/mol. The Bertz CT molecular complexity index is 708. The molecule has 0 amide bonds. The number of nitrogens with zero attached hydrogens (tertiary/aromatic N) is 2. The Kier molecular flexibility index (Phi) is 2.97. The second-order valence-corrected chi connectivity index (χ2v) is 3.97. The highest BCUT2D eigenvalue weighted by atomic mass is 16.2. The van der Waals surface area contributed by atoms with Crippen molar-refractivity contribution in [1.29, 1.82) is 0 Å². The van der Waals surface area contributed by atoms with Crippen LogP contribution in [0.15, 0.2) is 46.1 Å². The molecule has 2 rings (SSSR count). The zero-order valence-electron chi connectivity index (χ0n) is 10.1. The molecule has 0 saturated carbocycles. The van der Waals surface area contributed by atoms with E-state index in [1.807, 2.05) is 0 Å². The lowest BCUT2D eigenvalue weighted by molar-refractivity contribution is 0.101. The van der Waals surface area contributed by atoms with Gasteiger partial charge in [0.15, 0.2) is 5.78 Å². The molecular weight excluding hydrogens is 232 g/mol. The molecule has 5 nitrogen and oxygen atoms in total. The standard InChI is InChI=1S/C13H12N2O3/c1-9(16)10-3-5-11(6-4-10)15-8-7-12(17)14(2)13(15)18/h3-8H,1-2H3. The van der Waals surface area contributed by atoms with Gasteiger partial charge in [-0.1, -0.05) is 0 Å². The molecule has 1 aromatic heterocycles. The maximum absolute atomic E-state index is 11.9. The first-order valence-electron chi connectivity index (χ1n) is 5.41. The summed E-state index contributed by atoms with van der Waals surface area (Å²) in [6.07, 6.45) is 1.42. The van der Waals surface area contributed by atoms with Gasteiger partial charge in [-0.2, -0.15) is 0 Å². The van der Waals surface area contributed by atoms with Crippen molar-refractivity contribution in [3.8, 4) is 5.69 Å². The summed E-state index contributed by atoms with van der Waals surface area (Å²) in [7, 11) is 1.42. The molecule has 1 heterocycles. The molecule has 1 aromatic carbocycles. The molecule has 92 valence electrons. The minimum Gasteiger partial charge on any atom is -0.295 e. The molecular formula is C13H12N2O3. The topological polar surface area (TPSA) is 61.1 Å². The lowest BCUT2D eigenvalue weighted by atomic mass is 10.1. The third-order valence-electron chi connectivity index (χ3n) is 2.74. The van der Waals surface area contributed by atoms with Crippen molar-refractivity contribution in [3.05, 3.63) is 62.9 Å². The normalized spacial score (nSPS) is 10.3. The first kappa shape index (κ1) is 12.0. The van der Waals surface area contributed by atoms with Crippen LogP contribution < -0.4 is 11.2 Å². The predicted molar refractivity (Wildman–Crippen MR) is 67.3 cm³/mol. The van der Waals surface area contributed by atoms with Crippen molar-refractivity contribution in [2.24, 2.45) is 7.05 Å². The Morgan fingerprint density at radius 3 is 2.22 bits per heavy atom. The zero-order chi connectivity index (χ0) is 13.3. The highest BCUT2D eigenvalue weighted by molar-refractivity contribution is 5.94. The van der Waals surface area contributed by atoms with Gasteiger partial charge in [0.2, 0.25) is 0 Å². The molecule has 0 spiro atoms. The number of ketones is 1. The van der Waals surface area contributed by atoms with Gasteiger partial charge < -0.3 is 0 Å².